The Bertz CT molecular complexity index is 290. The minimum absolute atomic E-state index is 0.205. The first-order valence-corrected chi connectivity index (χ1v) is 7.28. The summed E-state index contributed by atoms with van der Waals surface area (Å²) in [5.41, 5.74) is 0.286. The largest absolute Gasteiger partial charge is 0.378 e. The summed E-state index contributed by atoms with van der Waals surface area (Å²) < 4.78 is 5.78. The van der Waals surface area contributed by atoms with Crippen LogP contribution in [0.2, 0.25) is 0 Å². The van der Waals surface area contributed by atoms with Crippen LogP contribution in [0, 0.1) is 5.41 Å². The third-order valence-electron chi connectivity index (χ3n) is 4.60. The summed E-state index contributed by atoms with van der Waals surface area (Å²) >= 11 is 0. The van der Waals surface area contributed by atoms with Gasteiger partial charge in [-0.25, -0.2) is 0 Å². The van der Waals surface area contributed by atoms with Crippen molar-refractivity contribution in [2.24, 2.45) is 5.41 Å². The smallest absolute Gasteiger partial charge is 0.220 e. The first-order valence-electron chi connectivity index (χ1n) is 7.28. The Morgan fingerprint density at radius 1 is 1.44 bits per heavy atom. The first-order chi connectivity index (χ1) is 8.73. The normalized spacial score (nSPS) is 28.6. The van der Waals surface area contributed by atoms with Gasteiger partial charge in [0, 0.05) is 24.5 Å². The molecule has 0 bridgehead atoms. The lowest BCUT2D eigenvalue weighted by molar-refractivity contribution is -0.175. The highest BCUT2D eigenvalue weighted by Gasteiger charge is 2.59. The molecule has 104 valence electrons. The van der Waals surface area contributed by atoms with E-state index >= 15 is 0 Å². The Balaban J connectivity index is 1.75. The number of hydrogen-bond donors (Lipinski definition) is 2. The fourth-order valence-corrected chi connectivity index (χ4v) is 3.33. The average Bonchev–Trinajstić information content (AvgIpc) is 2.25. The van der Waals surface area contributed by atoms with Gasteiger partial charge in [0.25, 0.3) is 0 Å². The van der Waals surface area contributed by atoms with Crippen LogP contribution < -0.4 is 10.6 Å². The minimum Gasteiger partial charge on any atom is -0.378 e. The van der Waals surface area contributed by atoms with Gasteiger partial charge in [-0.05, 0) is 46.2 Å². The van der Waals surface area contributed by atoms with E-state index in [0.717, 1.165) is 26.0 Å². The quantitative estimate of drug-likeness (QED) is 0.676. The second-order valence-electron chi connectivity index (χ2n) is 5.59. The highest BCUT2D eigenvalue weighted by atomic mass is 16.5. The van der Waals surface area contributed by atoms with E-state index in [1.54, 1.807) is 0 Å². The van der Waals surface area contributed by atoms with Gasteiger partial charge in [-0.15, -0.1) is 0 Å². The SMILES string of the molecule is CCOC1CC(NC(=O)CCCNC)C12CCC2. The molecule has 2 saturated carbocycles. The third-order valence-corrected chi connectivity index (χ3v) is 4.60. The number of hydrogen-bond acceptors (Lipinski definition) is 3. The number of amides is 1. The van der Waals surface area contributed by atoms with E-state index in [4.69, 9.17) is 4.74 Å². The molecular weight excluding hydrogens is 228 g/mol. The van der Waals surface area contributed by atoms with E-state index in [0.29, 0.717) is 18.6 Å². The van der Waals surface area contributed by atoms with Crippen LogP contribution in [0.15, 0.2) is 0 Å². The van der Waals surface area contributed by atoms with Crippen molar-refractivity contribution in [2.75, 3.05) is 20.2 Å². The molecule has 0 aromatic heterocycles. The average molecular weight is 254 g/mol. The molecule has 2 rings (SSSR count). The van der Waals surface area contributed by atoms with Crippen molar-refractivity contribution in [3.8, 4) is 0 Å². The van der Waals surface area contributed by atoms with Gasteiger partial charge in [0.1, 0.15) is 0 Å². The van der Waals surface area contributed by atoms with Crippen LogP contribution >= 0.6 is 0 Å². The molecule has 0 aromatic rings. The molecule has 18 heavy (non-hydrogen) atoms. The van der Waals surface area contributed by atoms with Gasteiger partial charge in [0.15, 0.2) is 0 Å². The monoisotopic (exact) mass is 254 g/mol. The molecule has 4 nitrogen and oxygen atoms in total. The number of rotatable bonds is 7. The summed E-state index contributed by atoms with van der Waals surface area (Å²) in [7, 11) is 1.92. The molecule has 2 aliphatic rings. The van der Waals surface area contributed by atoms with E-state index in [-0.39, 0.29) is 11.3 Å². The third kappa shape index (κ3) is 2.54. The van der Waals surface area contributed by atoms with Crippen LogP contribution in [0.1, 0.15) is 45.4 Å². The van der Waals surface area contributed by atoms with Crippen LogP contribution in [0.4, 0.5) is 0 Å². The maximum absolute atomic E-state index is 11.8. The lowest BCUT2D eigenvalue weighted by atomic mass is 9.51. The van der Waals surface area contributed by atoms with Crippen LogP contribution in [0.3, 0.4) is 0 Å². The zero-order valence-electron chi connectivity index (χ0n) is 11.6. The molecule has 0 aromatic carbocycles. The van der Waals surface area contributed by atoms with Gasteiger partial charge in [-0.1, -0.05) is 6.42 Å². The van der Waals surface area contributed by atoms with Crippen molar-refractivity contribution in [3.05, 3.63) is 0 Å². The Kier molecular flexibility index (Phi) is 4.62. The Hall–Kier alpha value is -0.610. The Labute approximate surface area is 110 Å². The van der Waals surface area contributed by atoms with E-state index in [2.05, 4.69) is 17.6 Å². The molecule has 2 unspecified atom stereocenters. The standard InChI is InChI=1S/C14H26N2O2/c1-3-18-12-10-11(14(12)7-5-8-14)16-13(17)6-4-9-15-2/h11-12,15H,3-10H2,1-2H3,(H,16,17). The maximum Gasteiger partial charge on any atom is 0.220 e. The molecule has 2 atom stereocenters. The molecular formula is C14H26N2O2. The molecule has 0 heterocycles. The lowest BCUT2D eigenvalue weighted by Crippen LogP contribution is -2.67. The van der Waals surface area contributed by atoms with Gasteiger partial charge < -0.3 is 15.4 Å². The molecule has 4 heteroatoms. The Morgan fingerprint density at radius 2 is 2.22 bits per heavy atom. The molecule has 2 fully saturated rings. The predicted octanol–water partition coefficient (Wildman–Crippen LogP) is 1.45. The molecule has 0 aliphatic heterocycles. The van der Waals surface area contributed by atoms with E-state index in [1.807, 2.05) is 7.05 Å². The van der Waals surface area contributed by atoms with Crippen molar-refractivity contribution < 1.29 is 9.53 Å². The molecule has 2 N–H and O–H groups in total. The van der Waals surface area contributed by atoms with Crippen molar-refractivity contribution >= 4 is 5.91 Å². The molecule has 1 amide bonds. The van der Waals surface area contributed by atoms with Gasteiger partial charge in [0.05, 0.1) is 6.10 Å². The fraction of sp³-hybridized carbons (Fsp3) is 0.929. The zero-order chi connectivity index (χ0) is 13.0. The summed E-state index contributed by atoms with van der Waals surface area (Å²) in [5, 5.41) is 6.28. The predicted molar refractivity (Wildman–Crippen MR) is 71.4 cm³/mol. The molecule has 2 aliphatic carbocycles. The zero-order valence-corrected chi connectivity index (χ0v) is 11.6. The van der Waals surface area contributed by atoms with Crippen LogP contribution in [-0.2, 0) is 9.53 Å². The van der Waals surface area contributed by atoms with Crippen molar-refractivity contribution in [1.29, 1.82) is 0 Å². The lowest BCUT2D eigenvalue weighted by Gasteiger charge is -2.61. The van der Waals surface area contributed by atoms with Crippen molar-refractivity contribution in [1.82, 2.24) is 10.6 Å². The van der Waals surface area contributed by atoms with Crippen molar-refractivity contribution in [3.63, 3.8) is 0 Å². The molecule has 0 saturated heterocycles. The maximum atomic E-state index is 11.8. The van der Waals surface area contributed by atoms with Gasteiger partial charge >= 0.3 is 0 Å². The number of ether oxygens (including phenoxy) is 1. The summed E-state index contributed by atoms with van der Waals surface area (Å²) in [4.78, 5) is 11.8. The summed E-state index contributed by atoms with van der Waals surface area (Å²) in [6, 6.07) is 0.366. The Morgan fingerprint density at radius 3 is 2.78 bits per heavy atom. The minimum atomic E-state index is 0.205. The van der Waals surface area contributed by atoms with Gasteiger partial charge in [-0.3, -0.25) is 4.79 Å². The highest BCUT2D eigenvalue weighted by molar-refractivity contribution is 5.76. The van der Waals surface area contributed by atoms with Crippen molar-refractivity contribution in [2.45, 2.75) is 57.6 Å². The van der Waals surface area contributed by atoms with Crippen LogP contribution in [-0.4, -0.2) is 38.3 Å². The van der Waals surface area contributed by atoms with E-state index < -0.39 is 0 Å². The molecule has 1 spiro atoms. The van der Waals surface area contributed by atoms with E-state index in [1.165, 1.54) is 19.3 Å². The number of carbonyl (C=O) groups excluding carboxylic acids is 1. The number of nitrogens with one attached hydrogen (secondary N) is 2. The second kappa shape index (κ2) is 6.02. The van der Waals surface area contributed by atoms with Gasteiger partial charge in [-0.2, -0.15) is 0 Å². The second-order valence-corrected chi connectivity index (χ2v) is 5.59. The molecule has 0 radical (unpaired) electrons. The topological polar surface area (TPSA) is 50.4 Å². The van der Waals surface area contributed by atoms with E-state index in [9.17, 15) is 4.79 Å². The summed E-state index contributed by atoms with van der Waals surface area (Å²) in [6.07, 6.45) is 6.67. The van der Waals surface area contributed by atoms with Crippen LogP contribution in [0.5, 0.6) is 0 Å². The highest BCUT2D eigenvalue weighted by Crippen LogP contribution is 2.57. The summed E-state index contributed by atoms with van der Waals surface area (Å²) in [5.74, 6) is 0.205. The van der Waals surface area contributed by atoms with Crippen LogP contribution in [0.25, 0.3) is 0 Å². The first kappa shape index (κ1) is 13.8. The van der Waals surface area contributed by atoms with Gasteiger partial charge in [0.2, 0.25) is 5.91 Å². The summed E-state index contributed by atoms with van der Waals surface area (Å²) in [6.45, 7) is 3.75. The fourth-order valence-electron chi connectivity index (χ4n) is 3.33. The number of carbonyl (C=O) groups is 1.